The normalized spacial score (nSPS) is 45.0. The first kappa shape index (κ1) is 7.00. The Balaban J connectivity index is 0.000000186. The number of rotatable bonds is 0. The molecule has 2 fully saturated rings. The summed E-state index contributed by atoms with van der Waals surface area (Å²) in [5, 5.41) is 0. The van der Waals surface area contributed by atoms with E-state index in [-0.39, 0.29) is 0 Å². The highest BCUT2D eigenvalue weighted by Crippen LogP contribution is 2.46. The Morgan fingerprint density at radius 1 is 1.22 bits per heavy atom. The Morgan fingerprint density at radius 2 is 1.67 bits per heavy atom. The van der Waals surface area contributed by atoms with E-state index in [4.69, 9.17) is 4.74 Å². The maximum Gasteiger partial charge on any atom is 0.111 e. The fraction of sp³-hybridized carbons (Fsp3) is 1.00. The summed E-state index contributed by atoms with van der Waals surface area (Å²) in [4.78, 5) is 0. The molecule has 1 aliphatic carbocycles. The van der Waals surface area contributed by atoms with Gasteiger partial charge in [0.1, 0.15) is 6.17 Å². The zero-order chi connectivity index (χ0) is 6.85. The van der Waals surface area contributed by atoms with Crippen LogP contribution in [0.3, 0.4) is 0 Å². The van der Waals surface area contributed by atoms with Gasteiger partial charge in [-0.25, -0.2) is 4.39 Å². The lowest BCUT2D eigenvalue weighted by molar-refractivity contribution is 0.140. The minimum absolute atomic E-state index is 0.292. The monoisotopic (exact) mass is 132 g/mol. The highest BCUT2D eigenvalue weighted by Gasteiger charge is 2.54. The molecular formula is C7H13FO. The second kappa shape index (κ2) is 2.65. The van der Waals surface area contributed by atoms with Gasteiger partial charge in [-0.15, -0.1) is 0 Å². The van der Waals surface area contributed by atoms with E-state index in [0.717, 1.165) is 0 Å². The third kappa shape index (κ3) is 1.08. The SMILES string of the molecule is CC.FC1C2COCC12. The minimum Gasteiger partial charge on any atom is -0.381 e. The lowest BCUT2D eigenvalue weighted by Gasteiger charge is -1.91. The van der Waals surface area contributed by atoms with E-state index < -0.39 is 6.17 Å². The van der Waals surface area contributed by atoms with E-state index in [2.05, 4.69) is 0 Å². The van der Waals surface area contributed by atoms with E-state index in [0.29, 0.717) is 25.0 Å². The lowest BCUT2D eigenvalue weighted by atomic mass is 10.4. The van der Waals surface area contributed by atoms with Gasteiger partial charge in [-0.05, 0) is 0 Å². The molecule has 1 saturated carbocycles. The van der Waals surface area contributed by atoms with Crippen molar-refractivity contribution in [2.75, 3.05) is 13.2 Å². The predicted octanol–water partition coefficient (Wildman–Crippen LogP) is 1.63. The second-order valence-corrected chi connectivity index (χ2v) is 2.31. The van der Waals surface area contributed by atoms with Crippen LogP contribution in [0, 0.1) is 11.8 Å². The molecule has 0 radical (unpaired) electrons. The lowest BCUT2D eigenvalue weighted by Crippen LogP contribution is -1.95. The standard InChI is InChI=1S/C5H7FO.C2H6/c6-5-3-1-7-2-4(3)5;1-2/h3-5H,1-2H2;1-2H3. The van der Waals surface area contributed by atoms with Gasteiger partial charge < -0.3 is 4.74 Å². The van der Waals surface area contributed by atoms with Crippen LogP contribution in [-0.2, 0) is 4.74 Å². The predicted molar refractivity (Wildman–Crippen MR) is 34.0 cm³/mol. The second-order valence-electron chi connectivity index (χ2n) is 2.31. The smallest absolute Gasteiger partial charge is 0.111 e. The molecule has 1 aliphatic heterocycles. The van der Waals surface area contributed by atoms with Gasteiger partial charge in [-0.1, -0.05) is 13.8 Å². The molecule has 0 N–H and O–H groups in total. The summed E-state index contributed by atoms with van der Waals surface area (Å²) in [5.41, 5.74) is 0. The Hall–Kier alpha value is -0.110. The fourth-order valence-corrected chi connectivity index (χ4v) is 1.17. The molecule has 0 aromatic carbocycles. The number of halogens is 1. The van der Waals surface area contributed by atoms with E-state index >= 15 is 0 Å². The molecule has 54 valence electrons. The van der Waals surface area contributed by atoms with Crippen LogP contribution in [0.25, 0.3) is 0 Å². The van der Waals surface area contributed by atoms with Crippen LogP contribution in [-0.4, -0.2) is 19.4 Å². The average Bonchev–Trinajstić information content (AvgIpc) is 2.36. The molecule has 2 aliphatic rings. The van der Waals surface area contributed by atoms with Gasteiger partial charge in [0.15, 0.2) is 0 Å². The summed E-state index contributed by atoms with van der Waals surface area (Å²) in [7, 11) is 0. The Bertz CT molecular complexity index is 84.9. The maximum atomic E-state index is 12.1. The highest BCUT2D eigenvalue weighted by atomic mass is 19.1. The van der Waals surface area contributed by atoms with Crippen LogP contribution >= 0.6 is 0 Å². The summed E-state index contributed by atoms with van der Waals surface area (Å²) in [6.07, 6.45) is -0.506. The van der Waals surface area contributed by atoms with Gasteiger partial charge in [0.05, 0.1) is 13.2 Å². The van der Waals surface area contributed by atoms with Crippen LogP contribution in [0.5, 0.6) is 0 Å². The Kier molecular flexibility index (Phi) is 2.06. The number of hydrogen-bond acceptors (Lipinski definition) is 1. The highest BCUT2D eigenvalue weighted by molar-refractivity contribution is 5.00. The van der Waals surface area contributed by atoms with Crippen LogP contribution < -0.4 is 0 Å². The van der Waals surface area contributed by atoms with E-state index in [9.17, 15) is 4.39 Å². The number of fused-ring (bicyclic) bond motifs is 1. The number of ether oxygens (including phenoxy) is 1. The van der Waals surface area contributed by atoms with Gasteiger partial charge in [0.25, 0.3) is 0 Å². The summed E-state index contributed by atoms with van der Waals surface area (Å²) in [6, 6.07) is 0. The van der Waals surface area contributed by atoms with Gasteiger partial charge >= 0.3 is 0 Å². The molecule has 1 nitrogen and oxygen atoms in total. The zero-order valence-corrected chi connectivity index (χ0v) is 5.93. The molecule has 1 saturated heterocycles. The first-order valence-corrected chi connectivity index (χ1v) is 3.61. The Labute approximate surface area is 55.2 Å². The largest absolute Gasteiger partial charge is 0.381 e. The summed E-state index contributed by atoms with van der Waals surface area (Å²) < 4.78 is 17.1. The van der Waals surface area contributed by atoms with Crippen molar-refractivity contribution in [3.8, 4) is 0 Å². The van der Waals surface area contributed by atoms with Crippen molar-refractivity contribution in [1.82, 2.24) is 0 Å². The summed E-state index contributed by atoms with van der Waals surface area (Å²) >= 11 is 0. The first-order chi connectivity index (χ1) is 4.39. The van der Waals surface area contributed by atoms with Crippen molar-refractivity contribution >= 4 is 0 Å². The Morgan fingerprint density at radius 3 is 1.89 bits per heavy atom. The van der Waals surface area contributed by atoms with Crippen molar-refractivity contribution in [2.24, 2.45) is 11.8 Å². The molecule has 9 heavy (non-hydrogen) atoms. The first-order valence-electron chi connectivity index (χ1n) is 3.61. The quantitative estimate of drug-likeness (QED) is 0.486. The molecule has 0 amide bonds. The molecule has 0 spiro atoms. The molecule has 2 heteroatoms. The molecule has 0 aromatic heterocycles. The van der Waals surface area contributed by atoms with Gasteiger partial charge in [0, 0.05) is 11.8 Å². The number of hydrogen-bond donors (Lipinski definition) is 0. The van der Waals surface area contributed by atoms with Crippen molar-refractivity contribution in [3.63, 3.8) is 0 Å². The van der Waals surface area contributed by atoms with Crippen molar-refractivity contribution in [3.05, 3.63) is 0 Å². The minimum atomic E-state index is -0.506. The molecule has 0 aromatic rings. The third-order valence-corrected chi connectivity index (χ3v) is 1.85. The molecule has 2 atom stereocenters. The van der Waals surface area contributed by atoms with E-state index in [1.54, 1.807) is 0 Å². The van der Waals surface area contributed by atoms with Crippen molar-refractivity contribution in [1.29, 1.82) is 0 Å². The van der Waals surface area contributed by atoms with Crippen LogP contribution in [0.15, 0.2) is 0 Å². The maximum absolute atomic E-state index is 12.1. The van der Waals surface area contributed by atoms with Crippen molar-refractivity contribution in [2.45, 2.75) is 20.0 Å². The van der Waals surface area contributed by atoms with Crippen LogP contribution in [0.1, 0.15) is 13.8 Å². The molecule has 2 rings (SSSR count). The summed E-state index contributed by atoms with van der Waals surface area (Å²) in [5.74, 6) is 0.583. The third-order valence-electron chi connectivity index (χ3n) is 1.85. The topological polar surface area (TPSA) is 9.23 Å². The molecule has 1 heterocycles. The van der Waals surface area contributed by atoms with Gasteiger partial charge in [-0.2, -0.15) is 0 Å². The fourth-order valence-electron chi connectivity index (χ4n) is 1.17. The van der Waals surface area contributed by atoms with Crippen molar-refractivity contribution < 1.29 is 9.13 Å². The number of alkyl halides is 1. The van der Waals surface area contributed by atoms with Gasteiger partial charge in [-0.3, -0.25) is 0 Å². The van der Waals surface area contributed by atoms with E-state index in [1.165, 1.54) is 0 Å². The summed E-state index contributed by atoms with van der Waals surface area (Å²) in [6.45, 7) is 5.34. The van der Waals surface area contributed by atoms with Crippen LogP contribution in [0.2, 0.25) is 0 Å². The van der Waals surface area contributed by atoms with E-state index in [1.807, 2.05) is 13.8 Å². The van der Waals surface area contributed by atoms with Gasteiger partial charge in [0.2, 0.25) is 0 Å². The molecular weight excluding hydrogens is 119 g/mol. The zero-order valence-electron chi connectivity index (χ0n) is 5.93. The van der Waals surface area contributed by atoms with Crippen LogP contribution in [0.4, 0.5) is 4.39 Å². The molecule has 2 unspecified atom stereocenters. The molecule has 0 bridgehead atoms. The average molecular weight is 132 g/mol.